The van der Waals surface area contributed by atoms with Gasteiger partial charge in [-0.2, -0.15) is 13.2 Å². The van der Waals surface area contributed by atoms with Crippen molar-refractivity contribution in [2.75, 3.05) is 0 Å². The van der Waals surface area contributed by atoms with Crippen LogP contribution < -0.4 is 5.73 Å². The molecule has 2 rings (SSSR count). The zero-order valence-corrected chi connectivity index (χ0v) is 9.79. The van der Waals surface area contributed by atoms with E-state index in [1.807, 2.05) is 0 Å². The van der Waals surface area contributed by atoms with Crippen molar-refractivity contribution in [3.8, 4) is 0 Å². The van der Waals surface area contributed by atoms with Gasteiger partial charge in [-0.15, -0.1) is 0 Å². The summed E-state index contributed by atoms with van der Waals surface area (Å²) in [7, 11) is 0. The van der Waals surface area contributed by atoms with Gasteiger partial charge < -0.3 is 5.73 Å². The fourth-order valence-electron chi connectivity index (χ4n) is 1.93. The van der Waals surface area contributed by atoms with E-state index in [9.17, 15) is 17.6 Å². The van der Waals surface area contributed by atoms with Gasteiger partial charge in [0.05, 0.1) is 11.6 Å². The minimum absolute atomic E-state index is 0.429. The SMILES string of the molecule is NC(c1ccccc1)c1c(F)cccc1C(F)(F)F. The van der Waals surface area contributed by atoms with E-state index in [1.165, 1.54) is 0 Å². The minimum Gasteiger partial charge on any atom is -0.320 e. The highest BCUT2D eigenvalue weighted by Crippen LogP contribution is 2.36. The molecule has 19 heavy (non-hydrogen) atoms. The first-order chi connectivity index (χ1) is 8.91. The van der Waals surface area contributed by atoms with Crippen molar-refractivity contribution in [2.24, 2.45) is 5.73 Å². The Bertz CT molecular complexity index is 563. The standard InChI is InChI=1S/C14H11F4N/c15-11-8-4-7-10(14(16,17)18)12(11)13(19)9-5-2-1-3-6-9/h1-8,13H,19H2. The molecule has 0 bridgehead atoms. The number of halogens is 4. The Morgan fingerprint density at radius 2 is 1.53 bits per heavy atom. The van der Waals surface area contributed by atoms with Gasteiger partial charge in [-0.25, -0.2) is 4.39 Å². The molecule has 0 heterocycles. The topological polar surface area (TPSA) is 26.0 Å². The van der Waals surface area contributed by atoms with Crippen LogP contribution in [0, 0.1) is 5.82 Å². The van der Waals surface area contributed by atoms with E-state index >= 15 is 0 Å². The Labute approximate surface area is 107 Å². The van der Waals surface area contributed by atoms with Gasteiger partial charge in [0.15, 0.2) is 0 Å². The molecule has 0 saturated heterocycles. The number of hydrogen-bond acceptors (Lipinski definition) is 1. The first kappa shape index (κ1) is 13.5. The monoisotopic (exact) mass is 269 g/mol. The molecule has 2 aromatic rings. The fourth-order valence-corrected chi connectivity index (χ4v) is 1.93. The third kappa shape index (κ3) is 2.76. The molecule has 5 heteroatoms. The van der Waals surface area contributed by atoms with Crippen LogP contribution in [-0.4, -0.2) is 0 Å². The summed E-state index contributed by atoms with van der Waals surface area (Å²) >= 11 is 0. The molecule has 0 aliphatic rings. The van der Waals surface area contributed by atoms with Gasteiger partial charge in [-0.3, -0.25) is 0 Å². The second-order valence-electron chi connectivity index (χ2n) is 4.09. The lowest BCUT2D eigenvalue weighted by Crippen LogP contribution is -2.20. The van der Waals surface area contributed by atoms with Crippen molar-refractivity contribution in [1.82, 2.24) is 0 Å². The Morgan fingerprint density at radius 3 is 2.11 bits per heavy atom. The molecule has 2 aromatic carbocycles. The van der Waals surface area contributed by atoms with Crippen LogP contribution in [0.1, 0.15) is 22.7 Å². The molecule has 0 spiro atoms. The molecule has 100 valence electrons. The van der Waals surface area contributed by atoms with E-state index in [0.29, 0.717) is 5.56 Å². The molecule has 0 aliphatic carbocycles. The highest BCUT2D eigenvalue weighted by Gasteiger charge is 2.36. The molecule has 2 N–H and O–H groups in total. The van der Waals surface area contributed by atoms with Crippen LogP contribution in [0.2, 0.25) is 0 Å². The van der Waals surface area contributed by atoms with E-state index in [0.717, 1.165) is 18.2 Å². The van der Waals surface area contributed by atoms with E-state index in [2.05, 4.69) is 0 Å². The Morgan fingerprint density at radius 1 is 0.895 bits per heavy atom. The van der Waals surface area contributed by atoms with Gasteiger partial charge in [0.25, 0.3) is 0 Å². The molecule has 1 unspecified atom stereocenters. The zero-order chi connectivity index (χ0) is 14.0. The molecular formula is C14H11F4N. The van der Waals surface area contributed by atoms with E-state index in [4.69, 9.17) is 5.73 Å². The molecule has 0 amide bonds. The molecule has 1 nitrogen and oxygen atoms in total. The van der Waals surface area contributed by atoms with Gasteiger partial charge in [-0.1, -0.05) is 36.4 Å². The molecule has 0 aromatic heterocycles. The zero-order valence-electron chi connectivity index (χ0n) is 9.79. The summed E-state index contributed by atoms with van der Waals surface area (Å²) in [6, 6.07) is 9.82. The summed E-state index contributed by atoms with van der Waals surface area (Å²) in [6.45, 7) is 0. The van der Waals surface area contributed by atoms with Crippen LogP contribution in [0.4, 0.5) is 17.6 Å². The molecule has 1 atom stereocenters. The fraction of sp³-hybridized carbons (Fsp3) is 0.143. The first-order valence-corrected chi connectivity index (χ1v) is 5.57. The van der Waals surface area contributed by atoms with Crippen LogP contribution in [0.25, 0.3) is 0 Å². The maximum atomic E-state index is 13.7. The van der Waals surface area contributed by atoms with Crippen molar-refractivity contribution in [2.45, 2.75) is 12.2 Å². The average molecular weight is 269 g/mol. The van der Waals surface area contributed by atoms with Crippen molar-refractivity contribution in [3.63, 3.8) is 0 Å². The van der Waals surface area contributed by atoms with Crippen LogP contribution >= 0.6 is 0 Å². The normalized spacial score (nSPS) is 13.3. The molecular weight excluding hydrogens is 258 g/mol. The van der Waals surface area contributed by atoms with Gasteiger partial charge in [0.2, 0.25) is 0 Å². The predicted molar refractivity (Wildman–Crippen MR) is 63.9 cm³/mol. The number of benzene rings is 2. The number of nitrogens with two attached hydrogens (primary N) is 1. The molecule has 0 aliphatic heterocycles. The number of rotatable bonds is 2. The Hall–Kier alpha value is -1.88. The number of hydrogen-bond donors (Lipinski definition) is 1. The third-order valence-electron chi connectivity index (χ3n) is 2.83. The highest BCUT2D eigenvalue weighted by molar-refractivity contribution is 5.39. The van der Waals surface area contributed by atoms with Crippen LogP contribution in [0.15, 0.2) is 48.5 Å². The number of alkyl halides is 3. The van der Waals surface area contributed by atoms with Crippen molar-refractivity contribution in [3.05, 3.63) is 71.0 Å². The van der Waals surface area contributed by atoms with Gasteiger partial charge in [0, 0.05) is 5.56 Å². The van der Waals surface area contributed by atoms with Crippen molar-refractivity contribution < 1.29 is 17.6 Å². The van der Waals surface area contributed by atoms with Crippen molar-refractivity contribution >= 4 is 0 Å². The maximum absolute atomic E-state index is 13.7. The second-order valence-corrected chi connectivity index (χ2v) is 4.09. The van der Waals surface area contributed by atoms with E-state index < -0.39 is 29.2 Å². The molecule has 0 saturated carbocycles. The average Bonchev–Trinajstić information content (AvgIpc) is 2.37. The van der Waals surface area contributed by atoms with E-state index in [1.54, 1.807) is 30.3 Å². The van der Waals surface area contributed by atoms with Crippen LogP contribution in [0.5, 0.6) is 0 Å². The summed E-state index contributed by atoms with van der Waals surface area (Å²) in [6.07, 6.45) is -4.64. The van der Waals surface area contributed by atoms with Crippen molar-refractivity contribution in [1.29, 1.82) is 0 Å². The predicted octanol–water partition coefficient (Wildman–Crippen LogP) is 3.89. The maximum Gasteiger partial charge on any atom is 0.416 e. The smallest absolute Gasteiger partial charge is 0.320 e. The third-order valence-corrected chi connectivity index (χ3v) is 2.83. The first-order valence-electron chi connectivity index (χ1n) is 5.57. The summed E-state index contributed by atoms with van der Waals surface area (Å²) < 4.78 is 52.4. The lowest BCUT2D eigenvalue weighted by Gasteiger charge is -2.19. The molecule has 0 radical (unpaired) electrons. The summed E-state index contributed by atoms with van der Waals surface area (Å²) in [5, 5.41) is 0. The Kier molecular flexibility index (Phi) is 3.57. The van der Waals surface area contributed by atoms with Crippen LogP contribution in [0.3, 0.4) is 0 Å². The van der Waals surface area contributed by atoms with Gasteiger partial charge in [-0.05, 0) is 17.7 Å². The summed E-state index contributed by atoms with van der Waals surface area (Å²) in [5.41, 5.74) is 4.64. The van der Waals surface area contributed by atoms with Gasteiger partial charge >= 0.3 is 6.18 Å². The molecule has 0 fully saturated rings. The van der Waals surface area contributed by atoms with Crippen LogP contribution in [-0.2, 0) is 6.18 Å². The van der Waals surface area contributed by atoms with Gasteiger partial charge in [0.1, 0.15) is 5.82 Å². The summed E-state index contributed by atoms with van der Waals surface area (Å²) in [5.74, 6) is -0.953. The lowest BCUT2D eigenvalue weighted by molar-refractivity contribution is -0.138. The largest absolute Gasteiger partial charge is 0.416 e. The lowest BCUT2D eigenvalue weighted by atomic mass is 9.94. The quantitative estimate of drug-likeness (QED) is 0.822. The summed E-state index contributed by atoms with van der Waals surface area (Å²) in [4.78, 5) is 0. The minimum atomic E-state index is -4.64. The second kappa shape index (κ2) is 5.01. The Balaban J connectivity index is 2.56. The highest BCUT2D eigenvalue weighted by atomic mass is 19.4. The van der Waals surface area contributed by atoms with E-state index in [-0.39, 0.29) is 0 Å².